The summed E-state index contributed by atoms with van der Waals surface area (Å²) in [5, 5.41) is 12.1. The average Bonchev–Trinajstić information content (AvgIpc) is 3.07. The molecule has 2 aromatic heterocycles. The molecule has 0 aliphatic carbocycles. The highest BCUT2D eigenvalue weighted by Gasteiger charge is 2.21. The van der Waals surface area contributed by atoms with Crippen molar-refractivity contribution in [2.75, 3.05) is 5.32 Å². The zero-order chi connectivity index (χ0) is 19.4. The molecule has 1 atom stereocenters. The van der Waals surface area contributed by atoms with Gasteiger partial charge in [0.25, 0.3) is 0 Å². The Kier molecular flexibility index (Phi) is 5.91. The van der Waals surface area contributed by atoms with E-state index in [0.717, 1.165) is 33.4 Å². The van der Waals surface area contributed by atoms with Gasteiger partial charge in [0.2, 0.25) is 5.91 Å². The molecule has 1 aromatic carbocycles. The van der Waals surface area contributed by atoms with E-state index in [-0.39, 0.29) is 11.2 Å². The monoisotopic (exact) mass is 381 g/mol. The van der Waals surface area contributed by atoms with Gasteiger partial charge in [-0.25, -0.2) is 0 Å². The Bertz CT molecular complexity index is 919. The van der Waals surface area contributed by atoms with Crippen LogP contribution in [-0.4, -0.2) is 30.9 Å². The summed E-state index contributed by atoms with van der Waals surface area (Å²) in [6.45, 7) is 8.62. The normalized spacial score (nSPS) is 12.0. The van der Waals surface area contributed by atoms with Crippen molar-refractivity contribution in [3.8, 4) is 11.4 Å². The first kappa shape index (κ1) is 19.1. The number of rotatable bonds is 6. The number of carbonyl (C=O) groups excluding carboxylic acids is 1. The van der Waals surface area contributed by atoms with E-state index in [1.165, 1.54) is 11.8 Å². The number of aromatic nitrogens is 4. The molecule has 0 aliphatic rings. The van der Waals surface area contributed by atoms with Gasteiger partial charge in [0.05, 0.1) is 5.25 Å². The summed E-state index contributed by atoms with van der Waals surface area (Å²) in [6.07, 6.45) is 3.49. The van der Waals surface area contributed by atoms with Gasteiger partial charge in [-0.05, 0) is 51.0 Å². The first-order chi connectivity index (χ1) is 13.0. The number of pyridine rings is 1. The van der Waals surface area contributed by atoms with Gasteiger partial charge in [0, 0.05) is 30.2 Å². The molecule has 2 heterocycles. The lowest BCUT2D eigenvalue weighted by molar-refractivity contribution is -0.115. The highest BCUT2D eigenvalue weighted by molar-refractivity contribution is 8.00. The van der Waals surface area contributed by atoms with Gasteiger partial charge in [0.1, 0.15) is 0 Å². The maximum atomic E-state index is 12.7. The lowest BCUT2D eigenvalue weighted by atomic mass is 10.1. The SMILES string of the molecule is CCn1c(S[C@H](C)C(=O)Nc2c(C)cccc2C)nnc1-c1cccnc1. The van der Waals surface area contributed by atoms with Crippen molar-refractivity contribution in [2.24, 2.45) is 0 Å². The fourth-order valence-corrected chi connectivity index (χ4v) is 3.73. The van der Waals surface area contributed by atoms with E-state index in [4.69, 9.17) is 0 Å². The second-order valence-corrected chi connectivity index (χ2v) is 7.62. The Balaban J connectivity index is 1.77. The molecule has 0 fully saturated rings. The molecule has 0 unspecified atom stereocenters. The van der Waals surface area contributed by atoms with Crippen molar-refractivity contribution >= 4 is 23.4 Å². The van der Waals surface area contributed by atoms with Crippen LogP contribution in [0.2, 0.25) is 0 Å². The van der Waals surface area contributed by atoms with E-state index in [1.54, 1.807) is 12.4 Å². The molecular formula is C20H23N5OS. The highest BCUT2D eigenvalue weighted by atomic mass is 32.2. The summed E-state index contributed by atoms with van der Waals surface area (Å²) in [5.74, 6) is 0.710. The van der Waals surface area contributed by atoms with Gasteiger partial charge in [0.15, 0.2) is 11.0 Å². The number of hydrogen-bond acceptors (Lipinski definition) is 5. The minimum atomic E-state index is -0.305. The van der Waals surface area contributed by atoms with E-state index >= 15 is 0 Å². The minimum Gasteiger partial charge on any atom is -0.325 e. The summed E-state index contributed by atoms with van der Waals surface area (Å²) in [6, 6.07) is 9.80. The fraction of sp³-hybridized carbons (Fsp3) is 0.300. The Hall–Kier alpha value is -2.67. The number of benzene rings is 1. The number of hydrogen-bond donors (Lipinski definition) is 1. The van der Waals surface area contributed by atoms with E-state index < -0.39 is 0 Å². The Labute approximate surface area is 163 Å². The maximum Gasteiger partial charge on any atom is 0.237 e. The van der Waals surface area contributed by atoms with Crippen molar-refractivity contribution in [2.45, 2.75) is 44.6 Å². The molecule has 3 aromatic rings. The number of carbonyl (C=O) groups is 1. The van der Waals surface area contributed by atoms with Gasteiger partial charge in [-0.1, -0.05) is 30.0 Å². The molecule has 0 bridgehead atoms. The van der Waals surface area contributed by atoms with Gasteiger partial charge < -0.3 is 9.88 Å². The third kappa shape index (κ3) is 4.19. The molecule has 140 valence electrons. The number of nitrogens with one attached hydrogen (secondary N) is 1. The van der Waals surface area contributed by atoms with Crippen molar-refractivity contribution in [3.05, 3.63) is 53.9 Å². The van der Waals surface area contributed by atoms with Crippen molar-refractivity contribution < 1.29 is 4.79 Å². The van der Waals surface area contributed by atoms with Crippen LogP contribution in [-0.2, 0) is 11.3 Å². The lowest BCUT2D eigenvalue weighted by Crippen LogP contribution is -2.23. The van der Waals surface area contributed by atoms with Crippen molar-refractivity contribution in [1.82, 2.24) is 19.7 Å². The third-order valence-electron chi connectivity index (χ3n) is 4.33. The largest absolute Gasteiger partial charge is 0.325 e. The van der Waals surface area contributed by atoms with Gasteiger partial charge >= 0.3 is 0 Å². The second-order valence-electron chi connectivity index (χ2n) is 6.31. The number of aryl methyl sites for hydroxylation is 2. The number of anilines is 1. The van der Waals surface area contributed by atoms with Crippen molar-refractivity contribution in [3.63, 3.8) is 0 Å². The van der Waals surface area contributed by atoms with Crippen LogP contribution in [0.25, 0.3) is 11.4 Å². The van der Waals surface area contributed by atoms with Crippen molar-refractivity contribution in [1.29, 1.82) is 0 Å². The molecule has 0 spiro atoms. The van der Waals surface area contributed by atoms with Crippen LogP contribution in [0, 0.1) is 13.8 Å². The number of nitrogens with zero attached hydrogens (tertiary/aromatic N) is 4. The minimum absolute atomic E-state index is 0.0500. The van der Waals surface area contributed by atoms with Crippen LogP contribution >= 0.6 is 11.8 Å². The van der Waals surface area contributed by atoms with E-state index in [9.17, 15) is 4.79 Å². The third-order valence-corrected chi connectivity index (χ3v) is 5.41. The van der Waals surface area contributed by atoms with E-state index in [1.807, 2.05) is 62.6 Å². The van der Waals surface area contributed by atoms with Crippen LogP contribution in [0.4, 0.5) is 5.69 Å². The van der Waals surface area contributed by atoms with E-state index in [0.29, 0.717) is 6.54 Å². The van der Waals surface area contributed by atoms with Crippen LogP contribution < -0.4 is 5.32 Å². The molecule has 6 nitrogen and oxygen atoms in total. The Morgan fingerprint density at radius 3 is 2.56 bits per heavy atom. The topological polar surface area (TPSA) is 72.7 Å². The zero-order valence-electron chi connectivity index (χ0n) is 15.9. The zero-order valence-corrected chi connectivity index (χ0v) is 16.7. The summed E-state index contributed by atoms with van der Waals surface area (Å²) in [4.78, 5) is 16.8. The Morgan fingerprint density at radius 1 is 1.19 bits per heavy atom. The predicted octanol–water partition coefficient (Wildman–Crippen LogP) is 4.10. The quantitative estimate of drug-likeness (QED) is 0.651. The molecule has 0 radical (unpaired) electrons. The summed E-state index contributed by atoms with van der Waals surface area (Å²) < 4.78 is 2.00. The maximum absolute atomic E-state index is 12.7. The molecule has 7 heteroatoms. The lowest BCUT2D eigenvalue weighted by Gasteiger charge is -2.15. The summed E-state index contributed by atoms with van der Waals surface area (Å²) in [7, 11) is 0. The van der Waals surface area contributed by atoms with Gasteiger partial charge in [-0.3, -0.25) is 9.78 Å². The molecule has 1 amide bonds. The molecule has 27 heavy (non-hydrogen) atoms. The molecule has 1 N–H and O–H groups in total. The predicted molar refractivity (Wildman–Crippen MR) is 109 cm³/mol. The first-order valence-electron chi connectivity index (χ1n) is 8.88. The van der Waals surface area contributed by atoms with Crippen LogP contribution in [0.5, 0.6) is 0 Å². The van der Waals surface area contributed by atoms with Crippen LogP contribution in [0.15, 0.2) is 47.9 Å². The Morgan fingerprint density at radius 2 is 1.93 bits per heavy atom. The average molecular weight is 382 g/mol. The number of amides is 1. The first-order valence-corrected chi connectivity index (χ1v) is 9.76. The van der Waals surface area contributed by atoms with Gasteiger partial charge in [-0.15, -0.1) is 10.2 Å². The number of para-hydroxylation sites is 1. The number of thioether (sulfide) groups is 1. The molecule has 0 saturated heterocycles. The smallest absolute Gasteiger partial charge is 0.237 e. The molecule has 3 rings (SSSR count). The highest BCUT2D eigenvalue weighted by Crippen LogP contribution is 2.28. The molecule has 0 aliphatic heterocycles. The van der Waals surface area contributed by atoms with Gasteiger partial charge in [-0.2, -0.15) is 0 Å². The fourth-order valence-electron chi connectivity index (χ4n) is 2.82. The molecular weight excluding hydrogens is 358 g/mol. The van der Waals surface area contributed by atoms with Crippen LogP contribution in [0.3, 0.4) is 0 Å². The standard InChI is InChI=1S/C20H23N5OS/c1-5-25-18(16-10-7-11-21-12-16)23-24-20(25)27-15(4)19(26)22-17-13(2)8-6-9-14(17)3/h6-12,15H,5H2,1-4H3,(H,22,26)/t15-/m1/s1. The van der Waals surface area contributed by atoms with Crippen LogP contribution in [0.1, 0.15) is 25.0 Å². The summed E-state index contributed by atoms with van der Waals surface area (Å²) >= 11 is 1.41. The summed E-state index contributed by atoms with van der Waals surface area (Å²) in [5.41, 5.74) is 3.89. The molecule has 0 saturated carbocycles. The second kappa shape index (κ2) is 8.35. The van der Waals surface area contributed by atoms with E-state index in [2.05, 4.69) is 20.5 Å².